The molecule has 2 aromatic carbocycles. The topological polar surface area (TPSA) is 64.1 Å². The molecule has 6 nitrogen and oxygen atoms in total. The Balaban J connectivity index is 1.79. The highest BCUT2D eigenvalue weighted by Gasteiger charge is 2.02. The second-order valence-corrected chi connectivity index (χ2v) is 5.56. The van der Waals surface area contributed by atoms with Gasteiger partial charge in [0.2, 0.25) is 0 Å². The zero-order valence-electron chi connectivity index (χ0n) is 14.9. The first-order valence-electron chi connectivity index (χ1n) is 8.28. The van der Waals surface area contributed by atoms with Crippen molar-refractivity contribution in [3.05, 3.63) is 54.1 Å². The molecule has 0 amide bonds. The van der Waals surface area contributed by atoms with Gasteiger partial charge in [0.1, 0.15) is 19.0 Å². The Bertz CT molecular complexity index is 737. The molecule has 0 spiro atoms. The van der Waals surface area contributed by atoms with Gasteiger partial charge in [-0.05, 0) is 49.0 Å². The molecule has 2 rings (SSSR count). The Morgan fingerprint density at radius 3 is 2.62 bits per heavy atom. The maximum absolute atomic E-state index is 5.72. The number of hydrogen-bond acceptors (Lipinski definition) is 5. The molecule has 0 saturated heterocycles. The highest BCUT2D eigenvalue weighted by Crippen LogP contribution is 2.25. The first-order chi connectivity index (χ1) is 12.7. The normalized spacial score (nSPS) is 10.4. The summed E-state index contributed by atoms with van der Waals surface area (Å²) in [5.74, 6) is 2.14. The number of hydrazone groups is 1. The second kappa shape index (κ2) is 10.9. The number of ether oxygens (including phenoxy) is 3. The number of nitrogens with zero attached hydrogens (tertiary/aromatic N) is 1. The number of para-hydroxylation sites is 2. The largest absolute Gasteiger partial charge is 0.493 e. The van der Waals surface area contributed by atoms with Crippen LogP contribution < -0.4 is 25.0 Å². The highest BCUT2D eigenvalue weighted by atomic mass is 32.1. The molecule has 0 aromatic heterocycles. The molecule has 138 valence electrons. The van der Waals surface area contributed by atoms with E-state index in [1.807, 2.05) is 55.5 Å². The molecule has 0 radical (unpaired) electrons. The van der Waals surface area contributed by atoms with Crippen molar-refractivity contribution in [3.63, 3.8) is 0 Å². The Morgan fingerprint density at radius 1 is 1.08 bits per heavy atom. The summed E-state index contributed by atoms with van der Waals surface area (Å²) in [6.45, 7) is 3.55. The van der Waals surface area contributed by atoms with Crippen LogP contribution in [0.1, 0.15) is 12.5 Å². The molecule has 2 N–H and O–H groups in total. The van der Waals surface area contributed by atoms with E-state index in [1.165, 1.54) is 0 Å². The van der Waals surface area contributed by atoms with Gasteiger partial charge in [0, 0.05) is 6.54 Å². The predicted octanol–water partition coefficient (Wildman–Crippen LogP) is 2.97. The number of benzene rings is 2. The first kappa shape index (κ1) is 19.5. The summed E-state index contributed by atoms with van der Waals surface area (Å²) in [6, 6.07) is 15.1. The average Bonchev–Trinajstić information content (AvgIpc) is 2.66. The minimum atomic E-state index is 0.414. The summed E-state index contributed by atoms with van der Waals surface area (Å²) < 4.78 is 16.7. The molecule has 26 heavy (non-hydrogen) atoms. The van der Waals surface area contributed by atoms with Crippen LogP contribution in [-0.4, -0.2) is 38.2 Å². The van der Waals surface area contributed by atoms with Gasteiger partial charge < -0.3 is 19.5 Å². The molecule has 2 aromatic rings. The number of nitrogens with one attached hydrogen (secondary N) is 2. The molecule has 0 atom stereocenters. The molecule has 0 aliphatic rings. The molecule has 0 aliphatic carbocycles. The van der Waals surface area contributed by atoms with Crippen molar-refractivity contribution in [2.45, 2.75) is 6.92 Å². The fourth-order valence-electron chi connectivity index (χ4n) is 2.10. The lowest BCUT2D eigenvalue weighted by molar-refractivity contribution is 0.211. The summed E-state index contributed by atoms with van der Waals surface area (Å²) in [7, 11) is 1.62. The van der Waals surface area contributed by atoms with Crippen molar-refractivity contribution in [2.24, 2.45) is 5.10 Å². The maximum Gasteiger partial charge on any atom is 0.186 e. The molecule has 0 bridgehead atoms. The van der Waals surface area contributed by atoms with E-state index in [0.717, 1.165) is 17.9 Å². The van der Waals surface area contributed by atoms with Crippen LogP contribution in [0.2, 0.25) is 0 Å². The number of hydrogen-bond donors (Lipinski definition) is 2. The van der Waals surface area contributed by atoms with Gasteiger partial charge in [0.25, 0.3) is 0 Å². The number of thiocarbonyl (C=S) groups is 1. The maximum atomic E-state index is 5.72. The molecule has 0 fully saturated rings. The smallest absolute Gasteiger partial charge is 0.186 e. The van der Waals surface area contributed by atoms with Crippen molar-refractivity contribution >= 4 is 23.5 Å². The third-order valence-electron chi connectivity index (χ3n) is 3.25. The fraction of sp³-hybridized carbons (Fsp3) is 0.263. The van der Waals surface area contributed by atoms with Gasteiger partial charge in [-0.1, -0.05) is 24.3 Å². The van der Waals surface area contributed by atoms with Crippen LogP contribution in [-0.2, 0) is 0 Å². The molecule has 0 aliphatic heterocycles. The monoisotopic (exact) mass is 373 g/mol. The minimum Gasteiger partial charge on any atom is -0.493 e. The zero-order valence-corrected chi connectivity index (χ0v) is 15.7. The van der Waals surface area contributed by atoms with E-state index in [9.17, 15) is 0 Å². The highest BCUT2D eigenvalue weighted by molar-refractivity contribution is 7.80. The minimum absolute atomic E-state index is 0.414. The van der Waals surface area contributed by atoms with Crippen LogP contribution in [0.5, 0.6) is 17.2 Å². The van der Waals surface area contributed by atoms with E-state index in [1.54, 1.807) is 13.3 Å². The van der Waals surface area contributed by atoms with Crippen molar-refractivity contribution in [3.8, 4) is 17.2 Å². The quantitative estimate of drug-likeness (QED) is 0.305. The lowest BCUT2D eigenvalue weighted by Crippen LogP contribution is -2.31. The molecule has 0 unspecified atom stereocenters. The third-order valence-corrected chi connectivity index (χ3v) is 3.49. The lowest BCUT2D eigenvalue weighted by Gasteiger charge is -2.11. The summed E-state index contributed by atoms with van der Waals surface area (Å²) in [6.07, 6.45) is 1.68. The Labute approximate surface area is 159 Å². The predicted molar refractivity (Wildman–Crippen MR) is 107 cm³/mol. The van der Waals surface area contributed by atoms with Gasteiger partial charge in [-0.3, -0.25) is 5.43 Å². The van der Waals surface area contributed by atoms with E-state index in [4.69, 9.17) is 26.4 Å². The average molecular weight is 373 g/mol. The van der Waals surface area contributed by atoms with Crippen molar-refractivity contribution < 1.29 is 14.2 Å². The van der Waals surface area contributed by atoms with E-state index in [0.29, 0.717) is 29.8 Å². The molecule has 0 heterocycles. The van der Waals surface area contributed by atoms with Gasteiger partial charge in [0.15, 0.2) is 16.6 Å². The molecule has 7 heteroatoms. The van der Waals surface area contributed by atoms with Crippen molar-refractivity contribution in [1.29, 1.82) is 0 Å². The fourth-order valence-corrected chi connectivity index (χ4v) is 2.30. The standard InChI is InChI=1S/C19H23N3O3S/c1-3-20-19(26)22-21-14-15-7-6-8-16(13-15)24-11-12-25-18-10-5-4-9-17(18)23-2/h4-10,13-14H,3,11-12H2,1-2H3,(H2,20,22,26)/b21-14+. The van der Waals surface area contributed by atoms with Gasteiger partial charge >= 0.3 is 0 Å². The molecule has 0 saturated carbocycles. The summed E-state index contributed by atoms with van der Waals surface area (Å²) in [4.78, 5) is 0. The van der Waals surface area contributed by atoms with E-state index >= 15 is 0 Å². The van der Waals surface area contributed by atoms with Gasteiger partial charge in [0.05, 0.1) is 13.3 Å². The molecular formula is C19H23N3O3S. The van der Waals surface area contributed by atoms with Crippen LogP contribution in [0.15, 0.2) is 53.6 Å². The van der Waals surface area contributed by atoms with Crippen LogP contribution in [0.3, 0.4) is 0 Å². The van der Waals surface area contributed by atoms with Crippen molar-refractivity contribution in [2.75, 3.05) is 26.9 Å². The van der Waals surface area contributed by atoms with Crippen LogP contribution in [0, 0.1) is 0 Å². The first-order valence-corrected chi connectivity index (χ1v) is 8.69. The van der Waals surface area contributed by atoms with Crippen LogP contribution in [0.25, 0.3) is 0 Å². The van der Waals surface area contributed by atoms with Crippen LogP contribution >= 0.6 is 12.2 Å². The Hall–Kier alpha value is -2.80. The van der Waals surface area contributed by atoms with E-state index in [-0.39, 0.29) is 0 Å². The zero-order chi connectivity index (χ0) is 18.6. The summed E-state index contributed by atoms with van der Waals surface area (Å²) in [5.41, 5.74) is 3.65. The summed E-state index contributed by atoms with van der Waals surface area (Å²) in [5, 5.41) is 7.53. The second-order valence-electron chi connectivity index (χ2n) is 5.15. The Morgan fingerprint density at radius 2 is 1.85 bits per heavy atom. The Kier molecular flexibility index (Phi) is 8.21. The SMILES string of the molecule is CCNC(=S)N/N=C/c1cccc(OCCOc2ccccc2OC)c1. The lowest BCUT2D eigenvalue weighted by atomic mass is 10.2. The number of methoxy groups -OCH3 is 1. The summed E-state index contributed by atoms with van der Waals surface area (Å²) >= 11 is 5.04. The van der Waals surface area contributed by atoms with Crippen molar-refractivity contribution in [1.82, 2.24) is 10.7 Å². The molecular weight excluding hydrogens is 350 g/mol. The number of rotatable bonds is 9. The van der Waals surface area contributed by atoms with Gasteiger partial charge in [-0.2, -0.15) is 5.10 Å². The van der Waals surface area contributed by atoms with E-state index in [2.05, 4.69) is 15.8 Å². The van der Waals surface area contributed by atoms with Gasteiger partial charge in [-0.15, -0.1) is 0 Å². The van der Waals surface area contributed by atoms with Gasteiger partial charge in [-0.25, -0.2) is 0 Å². The van der Waals surface area contributed by atoms with E-state index < -0.39 is 0 Å². The van der Waals surface area contributed by atoms with Crippen LogP contribution in [0.4, 0.5) is 0 Å². The third kappa shape index (κ3) is 6.60.